The number of unbranched alkanes of at least 4 members (excludes halogenated alkanes) is 1. The number of benzene rings is 1. The van der Waals surface area contributed by atoms with Crippen LogP contribution in [0.5, 0.6) is 0 Å². The van der Waals surface area contributed by atoms with Crippen LogP contribution in [-0.4, -0.2) is 168 Å². The van der Waals surface area contributed by atoms with Crippen molar-refractivity contribution in [1.29, 1.82) is 0 Å². The average Bonchev–Trinajstić information content (AvgIpc) is 3.99. The fourth-order valence-corrected chi connectivity index (χ4v) is 9.83. The number of nitrogens with one attached hydrogen (secondary N) is 1. The van der Waals surface area contributed by atoms with Crippen LogP contribution in [0.4, 0.5) is 4.79 Å². The van der Waals surface area contributed by atoms with Crippen LogP contribution in [0.25, 0.3) is 11.0 Å². The standard InChI is InChI=1S/C42H65N9O10/c1-11-32-42(7)36(50(40(56)61-42)19-15-14-18-49-21-28(44-46-49)22-51-30-17-13-12-16-29(30)45-47-51)27(5)43-24(2)20-41(6,57-10)37(25(3)34(53)26(4)38(55)59-32)60-39-35(54)33(48(8)9)31(23-52)58-39/h12-13,16-17,21,24-27,31-33,35-37,39,43,52,54H,11,14-15,18-20,22-23H2,1-10H3/t24-,25+,26-,27+,31-,32+,33-,35+,36-,37-,39+,41+,42-/m1/s1. The number of amides is 1. The zero-order valence-electron chi connectivity index (χ0n) is 37.1. The molecule has 3 aliphatic rings. The van der Waals surface area contributed by atoms with E-state index in [0.717, 1.165) is 16.7 Å². The molecule has 0 bridgehead atoms. The van der Waals surface area contributed by atoms with Gasteiger partial charge in [-0.25, -0.2) is 9.48 Å². The highest BCUT2D eigenvalue weighted by molar-refractivity contribution is 6.00. The summed E-state index contributed by atoms with van der Waals surface area (Å²) in [6.07, 6.45) is -1.67. The molecule has 6 rings (SSSR count). The van der Waals surface area contributed by atoms with Crippen LogP contribution in [0.15, 0.2) is 30.5 Å². The number of ether oxygens (including phenoxy) is 5. The Morgan fingerprint density at radius 1 is 1.03 bits per heavy atom. The lowest BCUT2D eigenvalue weighted by atomic mass is 9.79. The maximum Gasteiger partial charge on any atom is 0.410 e. The number of hydrogen-bond donors (Lipinski definition) is 3. The van der Waals surface area contributed by atoms with Gasteiger partial charge in [-0.3, -0.25) is 19.2 Å². The summed E-state index contributed by atoms with van der Waals surface area (Å²) in [5.74, 6) is -3.35. The van der Waals surface area contributed by atoms with Crippen LogP contribution < -0.4 is 5.32 Å². The number of methoxy groups -OCH3 is 1. The molecule has 3 aliphatic heterocycles. The molecule has 3 saturated heterocycles. The summed E-state index contributed by atoms with van der Waals surface area (Å²) in [6.45, 7) is 13.6. The smallest absolute Gasteiger partial charge is 0.410 e. The average molecular weight is 856 g/mol. The zero-order valence-corrected chi connectivity index (χ0v) is 37.1. The summed E-state index contributed by atoms with van der Waals surface area (Å²) in [6, 6.07) is 5.92. The number of cyclic esters (lactones) is 1. The maximum absolute atomic E-state index is 14.3. The molecule has 0 aliphatic carbocycles. The topological polar surface area (TPSA) is 218 Å². The predicted octanol–water partition coefficient (Wildman–Crippen LogP) is 2.16. The van der Waals surface area contributed by atoms with Gasteiger partial charge >= 0.3 is 12.1 Å². The van der Waals surface area contributed by atoms with Gasteiger partial charge in [0.1, 0.15) is 35.4 Å². The Morgan fingerprint density at radius 3 is 2.43 bits per heavy atom. The number of carbonyl (C=O) groups is 3. The Morgan fingerprint density at radius 2 is 1.75 bits per heavy atom. The van der Waals surface area contributed by atoms with Gasteiger partial charge in [-0.05, 0) is 86.5 Å². The van der Waals surface area contributed by atoms with Crippen molar-refractivity contribution >= 4 is 28.9 Å². The molecule has 338 valence electrons. The van der Waals surface area contributed by atoms with Crippen LogP contribution in [-0.2, 0) is 46.4 Å². The number of aliphatic hydroxyl groups is 2. The molecule has 19 nitrogen and oxygen atoms in total. The molecular weight excluding hydrogens is 791 g/mol. The molecule has 61 heavy (non-hydrogen) atoms. The number of carbonyl (C=O) groups excluding carboxylic acids is 3. The van der Waals surface area contributed by atoms with Crippen molar-refractivity contribution in [3.63, 3.8) is 0 Å². The number of likely N-dealkylation sites (N-methyl/N-ethyl adjacent to an activating group) is 1. The third kappa shape index (κ3) is 9.47. The number of aromatic nitrogens is 6. The Kier molecular flexibility index (Phi) is 14.5. The van der Waals surface area contributed by atoms with Crippen LogP contribution in [0.1, 0.15) is 79.8 Å². The second kappa shape index (κ2) is 19.1. The van der Waals surface area contributed by atoms with Gasteiger partial charge in [-0.2, -0.15) is 0 Å². The first kappa shape index (κ1) is 46.4. The van der Waals surface area contributed by atoms with Gasteiger partial charge in [0.2, 0.25) is 0 Å². The first-order valence-electron chi connectivity index (χ1n) is 21.4. The van der Waals surface area contributed by atoms with Crippen LogP contribution in [0.3, 0.4) is 0 Å². The molecule has 1 aromatic carbocycles. The fraction of sp³-hybridized carbons (Fsp3) is 0.738. The van der Waals surface area contributed by atoms with E-state index in [1.807, 2.05) is 58.2 Å². The summed E-state index contributed by atoms with van der Waals surface area (Å²) >= 11 is 0. The highest BCUT2D eigenvalue weighted by Gasteiger charge is 2.59. The number of aryl methyl sites for hydroxylation is 1. The number of ketones is 1. The van der Waals surface area contributed by atoms with E-state index in [9.17, 15) is 24.6 Å². The largest absolute Gasteiger partial charge is 0.458 e. The lowest BCUT2D eigenvalue weighted by molar-refractivity contribution is -0.245. The Hall–Kier alpha value is -4.11. The van der Waals surface area contributed by atoms with Crippen molar-refractivity contribution in [2.75, 3.05) is 34.4 Å². The van der Waals surface area contributed by atoms with Gasteiger partial charge in [0.05, 0.1) is 48.7 Å². The Bertz CT molecular complexity index is 1980. The molecule has 3 N–H and O–H groups in total. The minimum atomic E-state index is -1.27. The maximum atomic E-state index is 14.3. The lowest BCUT2D eigenvalue weighted by Gasteiger charge is -2.45. The minimum Gasteiger partial charge on any atom is -0.458 e. The van der Waals surface area contributed by atoms with E-state index in [1.54, 1.807) is 47.1 Å². The van der Waals surface area contributed by atoms with Gasteiger partial charge in [-0.1, -0.05) is 36.4 Å². The van der Waals surface area contributed by atoms with Gasteiger partial charge in [-0.15, -0.1) is 10.2 Å². The molecule has 2 aromatic heterocycles. The van der Waals surface area contributed by atoms with Crippen LogP contribution >= 0.6 is 0 Å². The minimum absolute atomic E-state index is 0.274. The molecule has 0 spiro atoms. The van der Waals surface area contributed by atoms with Gasteiger partial charge in [0, 0.05) is 38.2 Å². The molecular formula is C42H65N9O10. The Balaban J connectivity index is 1.20. The van der Waals surface area contributed by atoms with E-state index in [4.69, 9.17) is 23.7 Å². The van der Waals surface area contributed by atoms with Crippen molar-refractivity contribution in [2.45, 2.75) is 153 Å². The van der Waals surface area contributed by atoms with Crippen molar-refractivity contribution in [3.05, 3.63) is 36.2 Å². The monoisotopic (exact) mass is 855 g/mol. The molecule has 0 unspecified atom stereocenters. The normalized spacial score (nSPS) is 35.4. The summed E-state index contributed by atoms with van der Waals surface area (Å²) in [5, 5.41) is 42.2. The van der Waals surface area contributed by atoms with Crippen molar-refractivity contribution in [1.82, 2.24) is 45.1 Å². The predicted molar refractivity (Wildman–Crippen MR) is 221 cm³/mol. The van der Waals surface area contributed by atoms with Crippen molar-refractivity contribution < 1.29 is 48.3 Å². The third-order valence-corrected chi connectivity index (χ3v) is 12.9. The van der Waals surface area contributed by atoms with E-state index in [-0.39, 0.29) is 18.7 Å². The highest BCUT2D eigenvalue weighted by atomic mass is 16.7. The molecule has 0 radical (unpaired) electrons. The van der Waals surface area contributed by atoms with Gasteiger partial charge in [0.25, 0.3) is 0 Å². The first-order chi connectivity index (χ1) is 29.0. The summed E-state index contributed by atoms with van der Waals surface area (Å²) in [5.41, 5.74) is 0.0306. The third-order valence-electron chi connectivity index (χ3n) is 12.9. The number of aliphatic hydroxyl groups excluding tert-OH is 2. The lowest BCUT2D eigenvalue weighted by Crippen LogP contribution is -2.62. The summed E-state index contributed by atoms with van der Waals surface area (Å²) < 4.78 is 34.7. The quantitative estimate of drug-likeness (QED) is 0.128. The Labute approximate surface area is 357 Å². The zero-order chi connectivity index (χ0) is 44.4. The summed E-state index contributed by atoms with van der Waals surface area (Å²) in [4.78, 5) is 45.6. The first-order valence-corrected chi connectivity index (χ1v) is 21.4. The molecule has 3 fully saturated rings. The van der Waals surface area contributed by atoms with Gasteiger partial charge < -0.3 is 44.1 Å². The van der Waals surface area contributed by atoms with Crippen molar-refractivity contribution in [3.8, 4) is 0 Å². The summed E-state index contributed by atoms with van der Waals surface area (Å²) in [7, 11) is 5.07. The second-order valence-electron chi connectivity index (χ2n) is 17.7. The second-order valence-corrected chi connectivity index (χ2v) is 17.7. The molecule has 1 amide bonds. The van der Waals surface area contributed by atoms with Gasteiger partial charge in [0.15, 0.2) is 17.7 Å². The SMILES string of the molecule is CC[C@@H]1OC(=O)[C@H](C)C(=O)[C@H](C)[C@@H](O[C@@H]2O[C@H](CO)[C@@H](N(C)C)[C@@H]2O)[C@@](C)(OC)C[C@@H](C)N[C@@H](C)[C@H]2N(CCCCn3cc(Cn4nnc5ccccc54)nn3)C(=O)O[C@]12C. The van der Waals surface area contributed by atoms with E-state index in [1.165, 1.54) is 14.0 Å². The number of para-hydroxylation sites is 1. The molecule has 13 atom stereocenters. The number of fused-ring (bicyclic) bond motifs is 2. The number of hydrogen-bond acceptors (Lipinski definition) is 16. The van der Waals surface area contributed by atoms with E-state index in [2.05, 4.69) is 25.9 Å². The van der Waals surface area contributed by atoms with E-state index >= 15 is 0 Å². The number of Topliss-reactive ketones (excluding diaryl/α,β-unsaturated/α-hetero) is 1. The van der Waals surface area contributed by atoms with E-state index in [0.29, 0.717) is 45.3 Å². The molecule has 3 aromatic rings. The number of rotatable bonds is 13. The molecule has 0 saturated carbocycles. The van der Waals surface area contributed by atoms with Crippen LogP contribution in [0.2, 0.25) is 0 Å². The molecule has 5 heterocycles. The fourth-order valence-electron chi connectivity index (χ4n) is 9.83. The van der Waals surface area contributed by atoms with E-state index < -0.39 is 83.7 Å². The van der Waals surface area contributed by atoms with Crippen LogP contribution in [0, 0.1) is 11.8 Å². The number of nitrogens with zero attached hydrogens (tertiary/aromatic N) is 8. The number of esters is 1. The molecule has 19 heteroatoms. The van der Waals surface area contributed by atoms with Crippen molar-refractivity contribution in [2.24, 2.45) is 11.8 Å². The highest BCUT2D eigenvalue weighted by Crippen LogP contribution is 2.40.